The Bertz CT molecular complexity index is 1050. The van der Waals surface area contributed by atoms with E-state index in [4.69, 9.17) is 4.98 Å². The van der Waals surface area contributed by atoms with Gasteiger partial charge < -0.3 is 5.32 Å². The lowest BCUT2D eigenvalue weighted by Crippen LogP contribution is -2.42. The van der Waals surface area contributed by atoms with E-state index in [1.54, 1.807) is 0 Å². The van der Waals surface area contributed by atoms with Crippen molar-refractivity contribution in [3.63, 3.8) is 0 Å². The Labute approximate surface area is 140 Å². The van der Waals surface area contributed by atoms with Gasteiger partial charge in [0.15, 0.2) is 0 Å². The predicted molar refractivity (Wildman–Crippen MR) is 98.0 cm³/mol. The Morgan fingerprint density at radius 1 is 0.833 bits per heavy atom. The molecule has 1 aliphatic heterocycles. The van der Waals surface area contributed by atoms with E-state index < -0.39 is 0 Å². The van der Waals surface area contributed by atoms with Crippen molar-refractivity contribution in [2.75, 3.05) is 5.32 Å². The van der Waals surface area contributed by atoms with Crippen LogP contribution in [0.3, 0.4) is 0 Å². The molecule has 0 fully saturated rings. The van der Waals surface area contributed by atoms with Crippen molar-refractivity contribution in [3.8, 4) is 11.4 Å². The smallest absolute Gasteiger partial charge is 0.145 e. The molecule has 0 saturated heterocycles. The summed E-state index contributed by atoms with van der Waals surface area (Å²) < 4.78 is 2.32. The summed E-state index contributed by atoms with van der Waals surface area (Å²) in [5.74, 6) is 1.01. The van der Waals surface area contributed by atoms with Crippen molar-refractivity contribution in [3.05, 3.63) is 84.4 Å². The van der Waals surface area contributed by atoms with E-state index in [1.807, 2.05) is 6.07 Å². The second-order valence-electron chi connectivity index (χ2n) is 6.37. The number of benzene rings is 3. The van der Waals surface area contributed by atoms with Gasteiger partial charge in [0.25, 0.3) is 0 Å². The fourth-order valence-electron chi connectivity index (χ4n) is 3.73. The first-order chi connectivity index (χ1) is 11.8. The maximum Gasteiger partial charge on any atom is 0.145 e. The fraction of sp³-hybridized carbons (Fsp3) is 0.0952. The zero-order valence-corrected chi connectivity index (χ0v) is 13.4. The first-order valence-corrected chi connectivity index (χ1v) is 8.18. The van der Waals surface area contributed by atoms with Crippen LogP contribution in [-0.2, 0) is 5.66 Å². The van der Waals surface area contributed by atoms with Gasteiger partial charge in [-0.2, -0.15) is 0 Å². The van der Waals surface area contributed by atoms with Crippen LogP contribution >= 0.6 is 0 Å². The molecule has 0 amide bonds. The van der Waals surface area contributed by atoms with Gasteiger partial charge in [0, 0.05) is 11.3 Å². The third kappa shape index (κ3) is 1.69. The second kappa shape index (κ2) is 4.71. The van der Waals surface area contributed by atoms with Gasteiger partial charge in [0.05, 0.1) is 11.0 Å². The zero-order chi connectivity index (χ0) is 16.1. The first-order valence-electron chi connectivity index (χ1n) is 8.18. The number of para-hydroxylation sites is 3. The molecule has 1 atom stereocenters. The number of anilines is 1. The normalized spacial score (nSPS) is 18.7. The molecule has 5 rings (SSSR count). The van der Waals surface area contributed by atoms with Crippen molar-refractivity contribution in [1.29, 1.82) is 0 Å². The predicted octanol–water partition coefficient (Wildman–Crippen LogP) is 4.85. The summed E-state index contributed by atoms with van der Waals surface area (Å²) in [6, 6.07) is 27.3. The van der Waals surface area contributed by atoms with Crippen LogP contribution in [0.1, 0.15) is 12.5 Å². The number of hydrogen-bond acceptors (Lipinski definition) is 2. The fourth-order valence-corrected chi connectivity index (χ4v) is 3.73. The second-order valence-corrected chi connectivity index (χ2v) is 6.37. The summed E-state index contributed by atoms with van der Waals surface area (Å²) in [5, 5.41) is 3.75. The highest BCUT2D eigenvalue weighted by atomic mass is 15.3. The van der Waals surface area contributed by atoms with E-state index >= 15 is 0 Å². The largest absolute Gasteiger partial charge is 0.358 e. The number of imidazole rings is 1. The van der Waals surface area contributed by atoms with E-state index in [9.17, 15) is 0 Å². The van der Waals surface area contributed by atoms with Crippen LogP contribution in [0.2, 0.25) is 0 Å². The van der Waals surface area contributed by atoms with E-state index in [1.165, 1.54) is 5.56 Å². The average molecular weight is 311 g/mol. The molecule has 3 heteroatoms. The molecule has 1 N–H and O–H groups in total. The Balaban J connectivity index is 1.91. The third-order valence-electron chi connectivity index (χ3n) is 4.89. The minimum absolute atomic E-state index is 0.388. The highest BCUT2D eigenvalue weighted by Gasteiger charge is 2.37. The topological polar surface area (TPSA) is 29.9 Å². The molecule has 0 saturated carbocycles. The Hall–Kier alpha value is -3.07. The van der Waals surface area contributed by atoms with Gasteiger partial charge in [-0.15, -0.1) is 0 Å². The monoisotopic (exact) mass is 311 g/mol. The molecule has 24 heavy (non-hydrogen) atoms. The van der Waals surface area contributed by atoms with Crippen LogP contribution < -0.4 is 5.32 Å². The van der Waals surface area contributed by atoms with E-state index in [0.29, 0.717) is 0 Å². The first kappa shape index (κ1) is 13.4. The maximum atomic E-state index is 4.94. The third-order valence-corrected chi connectivity index (χ3v) is 4.89. The van der Waals surface area contributed by atoms with Gasteiger partial charge in [-0.1, -0.05) is 54.6 Å². The number of rotatable bonds is 1. The minimum Gasteiger partial charge on any atom is -0.358 e. The summed E-state index contributed by atoms with van der Waals surface area (Å²) in [6.07, 6.45) is 0. The minimum atomic E-state index is -0.388. The van der Waals surface area contributed by atoms with Gasteiger partial charge in [-0.3, -0.25) is 4.57 Å². The molecular formula is C21H17N3. The van der Waals surface area contributed by atoms with E-state index in [0.717, 1.165) is 28.1 Å². The molecule has 0 spiro atoms. The Kier molecular flexibility index (Phi) is 2.63. The SMILES string of the molecule is CC1(c2ccccc2)Nc2ccccc2-c2nc3ccccc3n21. The van der Waals surface area contributed by atoms with Crippen molar-refractivity contribution in [1.82, 2.24) is 9.55 Å². The summed E-state index contributed by atoms with van der Waals surface area (Å²) in [6.45, 7) is 2.22. The van der Waals surface area contributed by atoms with Crippen LogP contribution in [0.25, 0.3) is 22.4 Å². The highest BCUT2D eigenvalue weighted by Crippen LogP contribution is 2.43. The van der Waals surface area contributed by atoms with E-state index in [2.05, 4.69) is 89.6 Å². The van der Waals surface area contributed by atoms with Gasteiger partial charge in [-0.05, 0) is 36.8 Å². The number of nitrogens with one attached hydrogen (secondary N) is 1. The number of aromatic nitrogens is 2. The van der Waals surface area contributed by atoms with Gasteiger partial charge in [0.2, 0.25) is 0 Å². The molecule has 0 radical (unpaired) electrons. The molecule has 116 valence electrons. The van der Waals surface area contributed by atoms with Crippen LogP contribution in [0.5, 0.6) is 0 Å². The summed E-state index contributed by atoms with van der Waals surface area (Å²) in [7, 11) is 0. The summed E-state index contributed by atoms with van der Waals surface area (Å²) in [5.41, 5.74) is 5.24. The van der Waals surface area contributed by atoms with Crippen LogP contribution in [-0.4, -0.2) is 9.55 Å². The van der Waals surface area contributed by atoms with Crippen LogP contribution in [0, 0.1) is 0 Å². The summed E-state index contributed by atoms with van der Waals surface area (Å²) >= 11 is 0. The number of hydrogen-bond donors (Lipinski definition) is 1. The molecule has 4 aromatic rings. The zero-order valence-electron chi connectivity index (χ0n) is 13.4. The Morgan fingerprint density at radius 3 is 2.42 bits per heavy atom. The lowest BCUT2D eigenvalue weighted by atomic mass is 9.96. The number of fused-ring (bicyclic) bond motifs is 5. The highest BCUT2D eigenvalue weighted by molar-refractivity contribution is 5.87. The molecular weight excluding hydrogens is 294 g/mol. The lowest BCUT2D eigenvalue weighted by molar-refractivity contribution is 0.463. The standard InChI is InChI=1S/C21H17N3/c1-21(15-9-3-2-4-10-15)23-17-12-6-5-11-16(17)20-22-18-13-7-8-14-19(18)24(20)21/h2-14,23H,1H3. The van der Waals surface area contributed by atoms with Gasteiger partial charge in [0.1, 0.15) is 11.5 Å². The maximum absolute atomic E-state index is 4.94. The van der Waals surface area contributed by atoms with Crippen LogP contribution in [0.4, 0.5) is 5.69 Å². The van der Waals surface area contributed by atoms with E-state index in [-0.39, 0.29) is 5.66 Å². The molecule has 0 aliphatic carbocycles. The van der Waals surface area contributed by atoms with Crippen molar-refractivity contribution in [2.45, 2.75) is 12.6 Å². The molecule has 2 heterocycles. The van der Waals surface area contributed by atoms with Crippen molar-refractivity contribution < 1.29 is 0 Å². The molecule has 0 bridgehead atoms. The quantitative estimate of drug-likeness (QED) is 0.544. The lowest BCUT2D eigenvalue weighted by Gasteiger charge is -2.40. The molecule has 3 nitrogen and oxygen atoms in total. The number of nitrogens with zero attached hydrogens (tertiary/aromatic N) is 2. The van der Waals surface area contributed by atoms with Gasteiger partial charge in [-0.25, -0.2) is 4.98 Å². The van der Waals surface area contributed by atoms with Crippen molar-refractivity contribution in [2.24, 2.45) is 0 Å². The van der Waals surface area contributed by atoms with Crippen LogP contribution in [0.15, 0.2) is 78.9 Å². The average Bonchev–Trinajstić information content (AvgIpc) is 3.03. The van der Waals surface area contributed by atoms with Gasteiger partial charge >= 0.3 is 0 Å². The molecule has 1 aromatic heterocycles. The Morgan fingerprint density at radius 2 is 1.54 bits per heavy atom. The summed E-state index contributed by atoms with van der Waals surface area (Å²) in [4.78, 5) is 4.94. The molecule has 1 aliphatic rings. The molecule has 1 unspecified atom stereocenters. The van der Waals surface area contributed by atoms with Crippen molar-refractivity contribution >= 4 is 16.7 Å². The molecule has 3 aromatic carbocycles.